The van der Waals surface area contributed by atoms with Crippen molar-refractivity contribution in [2.24, 2.45) is 0 Å². The second kappa shape index (κ2) is 8.46. The van der Waals surface area contributed by atoms with Gasteiger partial charge < -0.3 is 15.2 Å². The molecule has 3 aromatic carbocycles. The Labute approximate surface area is 179 Å². The van der Waals surface area contributed by atoms with Crippen LogP contribution in [-0.2, 0) is 4.74 Å². The van der Waals surface area contributed by atoms with Crippen molar-refractivity contribution in [3.8, 4) is 11.1 Å². The summed E-state index contributed by atoms with van der Waals surface area (Å²) in [6.45, 7) is -0.133. The van der Waals surface area contributed by atoms with E-state index in [4.69, 9.17) is 27.9 Å². The fraction of sp³-hybridized carbons (Fsp3) is 0.174. The number of ether oxygens (including phenoxy) is 1. The van der Waals surface area contributed by atoms with Crippen molar-refractivity contribution < 1.29 is 14.6 Å². The van der Waals surface area contributed by atoms with Gasteiger partial charge in [-0.15, -0.1) is 0 Å². The minimum atomic E-state index is -0.711. The van der Waals surface area contributed by atoms with E-state index in [-0.39, 0.29) is 19.1 Å². The van der Waals surface area contributed by atoms with E-state index >= 15 is 0 Å². The van der Waals surface area contributed by atoms with Crippen LogP contribution in [0.4, 0.5) is 4.79 Å². The maximum absolute atomic E-state index is 12.4. The number of hydrogen-bond acceptors (Lipinski definition) is 3. The molecule has 1 aliphatic rings. The molecule has 3 aromatic rings. The van der Waals surface area contributed by atoms with E-state index in [1.807, 2.05) is 24.3 Å². The first-order valence-electron chi connectivity index (χ1n) is 9.26. The van der Waals surface area contributed by atoms with Crippen molar-refractivity contribution in [3.63, 3.8) is 0 Å². The Kier molecular flexibility index (Phi) is 5.76. The van der Waals surface area contributed by atoms with Crippen molar-refractivity contribution in [2.75, 3.05) is 13.2 Å². The van der Waals surface area contributed by atoms with Crippen LogP contribution in [0.15, 0.2) is 66.7 Å². The predicted molar refractivity (Wildman–Crippen MR) is 114 cm³/mol. The topological polar surface area (TPSA) is 58.6 Å². The number of aliphatic hydroxyl groups is 1. The van der Waals surface area contributed by atoms with Gasteiger partial charge in [-0.05, 0) is 33.9 Å². The molecule has 1 amide bonds. The van der Waals surface area contributed by atoms with Gasteiger partial charge in [-0.1, -0.05) is 83.9 Å². The molecule has 4 rings (SSSR count). The van der Waals surface area contributed by atoms with E-state index in [2.05, 4.69) is 29.6 Å². The number of carbonyl (C=O) groups excluding carboxylic acids is 1. The lowest BCUT2D eigenvalue weighted by Gasteiger charge is -2.20. The van der Waals surface area contributed by atoms with Crippen LogP contribution in [0.5, 0.6) is 0 Å². The van der Waals surface area contributed by atoms with Gasteiger partial charge in [0.2, 0.25) is 0 Å². The molecule has 1 unspecified atom stereocenters. The maximum atomic E-state index is 12.4. The van der Waals surface area contributed by atoms with Crippen LogP contribution in [0.3, 0.4) is 0 Å². The Morgan fingerprint density at radius 1 is 0.966 bits per heavy atom. The summed E-state index contributed by atoms with van der Waals surface area (Å²) in [7, 11) is 0. The molecule has 0 radical (unpaired) electrons. The summed E-state index contributed by atoms with van der Waals surface area (Å²) in [5, 5.41) is 13.0. The van der Waals surface area contributed by atoms with Crippen LogP contribution < -0.4 is 5.32 Å². The highest BCUT2D eigenvalue weighted by Gasteiger charge is 2.29. The number of aliphatic hydroxyl groups excluding tert-OH is 1. The normalized spacial score (nSPS) is 13.5. The minimum Gasteiger partial charge on any atom is -0.449 e. The molecule has 148 valence electrons. The lowest BCUT2D eigenvalue weighted by atomic mass is 9.98. The van der Waals surface area contributed by atoms with Crippen molar-refractivity contribution in [1.29, 1.82) is 0 Å². The summed E-state index contributed by atoms with van der Waals surface area (Å²) >= 11 is 12.2. The number of nitrogens with one attached hydrogen (secondary N) is 1. The molecule has 1 atom stereocenters. The highest BCUT2D eigenvalue weighted by Crippen LogP contribution is 2.44. The highest BCUT2D eigenvalue weighted by atomic mass is 35.5. The number of halogens is 2. The third kappa shape index (κ3) is 3.84. The Hall–Kier alpha value is -2.53. The van der Waals surface area contributed by atoms with Gasteiger partial charge in [-0.25, -0.2) is 4.79 Å². The molecule has 0 saturated carbocycles. The van der Waals surface area contributed by atoms with Crippen molar-refractivity contribution in [1.82, 2.24) is 5.32 Å². The molecule has 29 heavy (non-hydrogen) atoms. The SMILES string of the molecule is O=C(NC(CO)c1cccc(Cl)c1Cl)OCC1c2ccccc2-c2ccccc21. The zero-order chi connectivity index (χ0) is 20.4. The van der Waals surface area contributed by atoms with E-state index in [1.54, 1.807) is 18.2 Å². The van der Waals surface area contributed by atoms with Crippen LogP contribution in [0.1, 0.15) is 28.7 Å². The monoisotopic (exact) mass is 427 g/mol. The third-order valence-corrected chi connectivity index (χ3v) is 6.01. The lowest BCUT2D eigenvalue weighted by Crippen LogP contribution is -2.32. The highest BCUT2D eigenvalue weighted by molar-refractivity contribution is 6.42. The van der Waals surface area contributed by atoms with E-state index in [0.29, 0.717) is 15.6 Å². The minimum absolute atomic E-state index is 0.0320. The van der Waals surface area contributed by atoms with Gasteiger partial charge in [0.15, 0.2) is 0 Å². The van der Waals surface area contributed by atoms with Gasteiger partial charge in [0.1, 0.15) is 6.61 Å². The number of alkyl carbamates (subject to hydrolysis) is 1. The van der Waals surface area contributed by atoms with Gasteiger partial charge in [-0.3, -0.25) is 0 Å². The molecule has 0 heterocycles. The van der Waals surface area contributed by atoms with Crippen LogP contribution in [0, 0.1) is 0 Å². The van der Waals surface area contributed by atoms with E-state index in [1.165, 1.54) is 0 Å². The van der Waals surface area contributed by atoms with Gasteiger partial charge in [0.25, 0.3) is 0 Å². The first-order valence-corrected chi connectivity index (χ1v) is 10.0. The summed E-state index contributed by atoms with van der Waals surface area (Å²) in [5.41, 5.74) is 5.14. The summed E-state index contributed by atoms with van der Waals surface area (Å²) in [4.78, 5) is 12.4. The van der Waals surface area contributed by atoms with Gasteiger partial charge >= 0.3 is 6.09 Å². The summed E-state index contributed by atoms with van der Waals surface area (Å²) in [6.07, 6.45) is -0.623. The average molecular weight is 428 g/mol. The largest absolute Gasteiger partial charge is 0.449 e. The van der Waals surface area contributed by atoms with E-state index < -0.39 is 12.1 Å². The zero-order valence-corrected chi connectivity index (χ0v) is 17.0. The number of carbonyl (C=O) groups is 1. The molecule has 2 N–H and O–H groups in total. The summed E-state index contributed by atoms with van der Waals surface area (Å²) in [5.74, 6) is -0.0320. The number of fused-ring (bicyclic) bond motifs is 3. The molecule has 4 nitrogen and oxygen atoms in total. The smallest absolute Gasteiger partial charge is 0.407 e. The molecule has 0 saturated heterocycles. The number of hydrogen-bond donors (Lipinski definition) is 2. The number of benzene rings is 3. The number of amides is 1. The molecule has 1 aliphatic carbocycles. The summed E-state index contributed by atoms with van der Waals surface area (Å²) < 4.78 is 5.53. The fourth-order valence-electron chi connectivity index (χ4n) is 3.79. The Morgan fingerprint density at radius 2 is 1.59 bits per heavy atom. The van der Waals surface area contributed by atoms with Crippen molar-refractivity contribution in [3.05, 3.63) is 93.5 Å². The molecule has 0 spiro atoms. The third-order valence-electron chi connectivity index (χ3n) is 5.18. The van der Waals surface area contributed by atoms with Gasteiger partial charge in [0.05, 0.1) is 22.7 Å². The quantitative estimate of drug-likeness (QED) is 0.559. The maximum Gasteiger partial charge on any atom is 0.407 e. The Balaban J connectivity index is 1.48. The van der Waals surface area contributed by atoms with Crippen LogP contribution >= 0.6 is 23.2 Å². The molecule has 0 bridgehead atoms. The summed E-state index contributed by atoms with van der Waals surface area (Å²) in [6, 6.07) is 20.6. The Bertz CT molecular complexity index is 1010. The molecular formula is C23H19Cl2NO3. The molecule has 0 fully saturated rings. The first-order chi connectivity index (χ1) is 14.1. The van der Waals surface area contributed by atoms with Crippen LogP contribution in [0.2, 0.25) is 10.0 Å². The fourth-order valence-corrected chi connectivity index (χ4v) is 4.23. The molecule has 6 heteroatoms. The predicted octanol–water partition coefficient (Wildman–Crippen LogP) is 5.57. The van der Waals surface area contributed by atoms with Crippen LogP contribution in [-0.4, -0.2) is 24.4 Å². The van der Waals surface area contributed by atoms with Crippen molar-refractivity contribution >= 4 is 29.3 Å². The van der Waals surface area contributed by atoms with Gasteiger partial charge in [-0.2, -0.15) is 0 Å². The average Bonchev–Trinajstić information content (AvgIpc) is 3.06. The Morgan fingerprint density at radius 3 is 2.21 bits per heavy atom. The van der Waals surface area contributed by atoms with Crippen molar-refractivity contribution in [2.45, 2.75) is 12.0 Å². The molecule has 0 aliphatic heterocycles. The van der Waals surface area contributed by atoms with E-state index in [0.717, 1.165) is 22.3 Å². The second-order valence-corrected chi connectivity index (χ2v) is 7.63. The standard InChI is InChI=1S/C23H19Cl2NO3/c24-20-11-5-10-18(22(20)25)21(12-27)26-23(28)29-13-19-16-8-3-1-6-14(16)15-7-2-4-9-17(15)19/h1-11,19,21,27H,12-13H2,(H,26,28). The lowest BCUT2D eigenvalue weighted by molar-refractivity contribution is 0.132. The van der Waals surface area contributed by atoms with Gasteiger partial charge in [0, 0.05) is 5.92 Å². The zero-order valence-electron chi connectivity index (χ0n) is 15.4. The van der Waals surface area contributed by atoms with E-state index in [9.17, 15) is 9.90 Å². The number of rotatable bonds is 5. The second-order valence-electron chi connectivity index (χ2n) is 6.85. The molecule has 0 aromatic heterocycles. The van der Waals surface area contributed by atoms with Crippen LogP contribution in [0.25, 0.3) is 11.1 Å². The molecular weight excluding hydrogens is 409 g/mol. The first kappa shape index (κ1) is 19.8.